The molecule has 124 valence electrons. The van der Waals surface area contributed by atoms with Crippen molar-refractivity contribution >= 4 is 16.6 Å². The van der Waals surface area contributed by atoms with Crippen LogP contribution in [0.2, 0.25) is 0 Å². The molecule has 0 unspecified atom stereocenters. The lowest BCUT2D eigenvalue weighted by Gasteiger charge is -2.06. The predicted octanol–water partition coefficient (Wildman–Crippen LogP) is 2.69. The molecule has 0 radical (unpaired) electrons. The normalized spacial score (nSPS) is 11.3. The summed E-state index contributed by atoms with van der Waals surface area (Å²) in [6.45, 7) is 1.83. The number of H-pyrrole nitrogens is 1. The van der Waals surface area contributed by atoms with Crippen LogP contribution in [-0.4, -0.2) is 31.4 Å². The zero-order valence-electron chi connectivity index (χ0n) is 13.1. The second kappa shape index (κ2) is 6.38. The van der Waals surface area contributed by atoms with Gasteiger partial charge in [-0.05, 0) is 48.2 Å². The third kappa shape index (κ3) is 2.99. The van der Waals surface area contributed by atoms with E-state index in [0.29, 0.717) is 17.3 Å². The van der Waals surface area contributed by atoms with Gasteiger partial charge in [0.15, 0.2) is 6.29 Å². The van der Waals surface area contributed by atoms with Crippen LogP contribution in [0.3, 0.4) is 0 Å². The first-order valence-corrected chi connectivity index (χ1v) is 7.53. The number of nitro benzene ring substituents is 1. The van der Waals surface area contributed by atoms with Crippen molar-refractivity contribution < 1.29 is 15.1 Å². The van der Waals surface area contributed by atoms with Crippen LogP contribution < -0.4 is 0 Å². The molecular weight excluding hydrogens is 310 g/mol. The summed E-state index contributed by atoms with van der Waals surface area (Å²) in [5, 5.41) is 30.3. The number of pyridine rings is 1. The average molecular weight is 327 g/mol. The summed E-state index contributed by atoms with van der Waals surface area (Å²) in [7, 11) is 0. The molecule has 3 aromatic rings. The van der Waals surface area contributed by atoms with Crippen LogP contribution in [0.5, 0.6) is 0 Å². The number of rotatable bonds is 5. The minimum Gasteiger partial charge on any atom is -0.368 e. The van der Waals surface area contributed by atoms with E-state index in [1.165, 1.54) is 0 Å². The van der Waals surface area contributed by atoms with Crippen LogP contribution in [0.1, 0.15) is 17.7 Å². The van der Waals surface area contributed by atoms with Gasteiger partial charge in [-0.1, -0.05) is 0 Å². The molecule has 3 N–H and O–H groups in total. The third-order valence-electron chi connectivity index (χ3n) is 4.06. The molecule has 7 nitrogen and oxygen atoms in total. The molecule has 3 rings (SSSR count). The van der Waals surface area contributed by atoms with E-state index in [4.69, 9.17) is 10.2 Å². The Morgan fingerprint density at radius 3 is 2.58 bits per heavy atom. The highest BCUT2D eigenvalue weighted by molar-refractivity contribution is 5.96. The van der Waals surface area contributed by atoms with E-state index < -0.39 is 11.2 Å². The number of nitrogens with zero attached hydrogens (tertiary/aromatic N) is 2. The molecule has 7 heteroatoms. The van der Waals surface area contributed by atoms with E-state index in [9.17, 15) is 10.1 Å². The Hall–Kier alpha value is -2.77. The molecule has 0 aliphatic rings. The lowest BCUT2D eigenvalue weighted by atomic mass is 10.00. The van der Waals surface area contributed by atoms with Gasteiger partial charge >= 0.3 is 0 Å². The summed E-state index contributed by atoms with van der Waals surface area (Å²) < 4.78 is 0. The number of nitro groups is 1. The van der Waals surface area contributed by atoms with E-state index >= 15 is 0 Å². The first-order valence-electron chi connectivity index (χ1n) is 7.53. The standard InChI is InChI=1S/C17H17N3O4/c1-10-13(2-3-16(21)22)17-14(19-10)8-12(9-15(17)20(23)24)11-4-6-18-7-5-11/h4-9,16,19,21-22H,2-3H2,1H3. The lowest BCUT2D eigenvalue weighted by molar-refractivity contribution is -0.383. The first-order chi connectivity index (χ1) is 11.5. The van der Waals surface area contributed by atoms with Gasteiger partial charge in [-0.2, -0.15) is 0 Å². The van der Waals surface area contributed by atoms with Crippen molar-refractivity contribution in [2.45, 2.75) is 26.1 Å². The topological polar surface area (TPSA) is 112 Å². The summed E-state index contributed by atoms with van der Waals surface area (Å²) in [4.78, 5) is 18.3. The molecule has 0 fully saturated rings. The van der Waals surface area contributed by atoms with Gasteiger partial charge in [0.2, 0.25) is 0 Å². The van der Waals surface area contributed by atoms with Crippen molar-refractivity contribution in [3.05, 3.63) is 58.0 Å². The zero-order valence-corrected chi connectivity index (χ0v) is 13.1. The molecule has 1 aromatic carbocycles. The number of fused-ring (bicyclic) bond motifs is 1. The van der Waals surface area contributed by atoms with E-state index in [1.54, 1.807) is 30.6 Å². The number of nitrogens with one attached hydrogen (secondary N) is 1. The number of hydrogen-bond donors (Lipinski definition) is 3. The number of aromatic amines is 1. The molecule has 2 aromatic heterocycles. The SMILES string of the molecule is Cc1[nH]c2cc(-c3ccncc3)cc([N+](=O)[O-])c2c1CCC(O)O. The Labute approximate surface area is 137 Å². The number of aliphatic hydroxyl groups is 2. The minimum absolute atomic E-state index is 0.00564. The lowest BCUT2D eigenvalue weighted by Crippen LogP contribution is -2.06. The average Bonchev–Trinajstić information content (AvgIpc) is 2.87. The summed E-state index contributed by atoms with van der Waals surface area (Å²) >= 11 is 0. The van der Waals surface area contributed by atoms with Crippen molar-refractivity contribution in [2.24, 2.45) is 0 Å². The Balaban J connectivity index is 2.20. The zero-order chi connectivity index (χ0) is 17.3. The summed E-state index contributed by atoms with van der Waals surface area (Å²) in [6, 6.07) is 7.00. The maximum atomic E-state index is 11.6. The van der Waals surface area contributed by atoms with Crippen molar-refractivity contribution in [1.29, 1.82) is 0 Å². The number of hydrogen-bond acceptors (Lipinski definition) is 5. The molecule has 0 atom stereocenters. The van der Waals surface area contributed by atoms with Crippen LogP contribution in [0, 0.1) is 17.0 Å². The van der Waals surface area contributed by atoms with E-state index in [2.05, 4.69) is 9.97 Å². The van der Waals surface area contributed by atoms with Crippen LogP contribution in [0.15, 0.2) is 36.7 Å². The van der Waals surface area contributed by atoms with Crippen molar-refractivity contribution in [1.82, 2.24) is 9.97 Å². The second-order valence-corrected chi connectivity index (χ2v) is 5.66. The molecule has 0 spiro atoms. The molecule has 2 heterocycles. The highest BCUT2D eigenvalue weighted by Crippen LogP contribution is 2.36. The molecule has 0 aliphatic heterocycles. The monoisotopic (exact) mass is 327 g/mol. The Morgan fingerprint density at radius 1 is 1.25 bits per heavy atom. The van der Waals surface area contributed by atoms with Crippen LogP contribution in [0.25, 0.3) is 22.0 Å². The van der Waals surface area contributed by atoms with E-state index in [-0.39, 0.29) is 12.1 Å². The molecule has 0 aliphatic carbocycles. The van der Waals surface area contributed by atoms with Crippen molar-refractivity contribution in [2.75, 3.05) is 0 Å². The predicted molar refractivity (Wildman–Crippen MR) is 89.5 cm³/mol. The molecule has 0 bridgehead atoms. The van der Waals surface area contributed by atoms with Crippen LogP contribution in [-0.2, 0) is 6.42 Å². The van der Waals surface area contributed by atoms with Gasteiger partial charge in [0, 0.05) is 30.6 Å². The van der Waals surface area contributed by atoms with Gasteiger partial charge in [-0.15, -0.1) is 0 Å². The van der Waals surface area contributed by atoms with Crippen LogP contribution in [0.4, 0.5) is 5.69 Å². The number of benzene rings is 1. The fraction of sp³-hybridized carbons (Fsp3) is 0.235. The smallest absolute Gasteiger partial charge is 0.279 e. The largest absolute Gasteiger partial charge is 0.368 e. The summed E-state index contributed by atoms with van der Waals surface area (Å²) in [6.07, 6.45) is 2.30. The number of aromatic nitrogens is 2. The van der Waals surface area contributed by atoms with Gasteiger partial charge in [-0.25, -0.2) is 0 Å². The Morgan fingerprint density at radius 2 is 1.96 bits per heavy atom. The van der Waals surface area contributed by atoms with Gasteiger partial charge in [-0.3, -0.25) is 15.1 Å². The summed E-state index contributed by atoms with van der Waals surface area (Å²) in [5.41, 5.74) is 3.77. The quantitative estimate of drug-likeness (QED) is 0.379. The summed E-state index contributed by atoms with van der Waals surface area (Å²) in [5.74, 6) is 0. The maximum absolute atomic E-state index is 11.6. The number of aryl methyl sites for hydroxylation is 2. The fourth-order valence-corrected chi connectivity index (χ4v) is 2.95. The van der Waals surface area contributed by atoms with Gasteiger partial charge in [0.05, 0.1) is 15.8 Å². The number of aliphatic hydroxyl groups excluding tert-OH is 1. The van der Waals surface area contributed by atoms with Gasteiger partial charge in [0.25, 0.3) is 5.69 Å². The molecular formula is C17H17N3O4. The van der Waals surface area contributed by atoms with Crippen molar-refractivity contribution in [3.8, 4) is 11.1 Å². The molecule has 0 saturated carbocycles. The van der Waals surface area contributed by atoms with Crippen molar-refractivity contribution in [3.63, 3.8) is 0 Å². The Bertz CT molecular complexity index is 888. The van der Waals surface area contributed by atoms with Gasteiger partial charge < -0.3 is 15.2 Å². The van der Waals surface area contributed by atoms with Crippen LogP contribution >= 0.6 is 0 Å². The Kier molecular flexibility index (Phi) is 4.28. The molecule has 0 amide bonds. The second-order valence-electron chi connectivity index (χ2n) is 5.66. The highest BCUT2D eigenvalue weighted by atomic mass is 16.6. The molecule has 24 heavy (non-hydrogen) atoms. The highest BCUT2D eigenvalue weighted by Gasteiger charge is 2.21. The fourth-order valence-electron chi connectivity index (χ4n) is 2.95. The van der Waals surface area contributed by atoms with E-state index in [0.717, 1.165) is 22.4 Å². The number of non-ortho nitro benzene ring substituents is 1. The maximum Gasteiger partial charge on any atom is 0.279 e. The minimum atomic E-state index is -1.44. The molecule has 0 saturated heterocycles. The first kappa shape index (κ1) is 16.1. The van der Waals surface area contributed by atoms with Gasteiger partial charge in [0.1, 0.15) is 0 Å². The van der Waals surface area contributed by atoms with E-state index in [1.807, 2.05) is 13.0 Å². The third-order valence-corrected chi connectivity index (χ3v) is 4.06.